The molecule has 0 spiro atoms. The Bertz CT molecular complexity index is 660. The van der Waals surface area contributed by atoms with E-state index in [9.17, 15) is 4.79 Å². The van der Waals surface area contributed by atoms with Gasteiger partial charge in [-0.2, -0.15) is 0 Å². The molecule has 0 aliphatic carbocycles. The van der Waals surface area contributed by atoms with Crippen LogP contribution in [0, 0.1) is 6.92 Å². The highest BCUT2D eigenvalue weighted by Gasteiger charge is 2.07. The van der Waals surface area contributed by atoms with Crippen LogP contribution in [0.2, 0.25) is 0 Å². The molecule has 0 aliphatic heterocycles. The molecule has 0 saturated carbocycles. The van der Waals surface area contributed by atoms with E-state index in [-0.39, 0.29) is 5.56 Å². The van der Waals surface area contributed by atoms with Crippen LogP contribution in [0.5, 0.6) is 5.75 Å². The van der Waals surface area contributed by atoms with Gasteiger partial charge in [0.1, 0.15) is 5.75 Å². The number of ether oxygens (including phenoxy) is 1. The molecule has 0 aliphatic rings. The number of carboxylic acid groups (broad SMARTS) is 1. The van der Waals surface area contributed by atoms with Gasteiger partial charge in [-0.05, 0) is 44.2 Å². The van der Waals surface area contributed by atoms with Gasteiger partial charge >= 0.3 is 5.97 Å². The van der Waals surface area contributed by atoms with Gasteiger partial charge in [-0.15, -0.1) is 0 Å². The fourth-order valence-corrected chi connectivity index (χ4v) is 1.84. The lowest BCUT2D eigenvalue weighted by Gasteiger charge is -2.07. The van der Waals surface area contributed by atoms with Crippen LogP contribution in [0.1, 0.15) is 28.4 Å². The number of carbonyl (C=O) groups is 1. The van der Waals surface area contributed by atoms with Crippen LogP contribution in [0.15, 0.2) is 47.5 Å². The van der Waals surface area contributed by atoms with Crippen molar-refractivity contribution in [3.05, 3.63) is 59.2 Å². The Morgan fingerprint density at radius 1 is 1.24 bits per heavy atom. The molecule has 21 heavy (non-hydrogen) atoms. The zero-order valence-corrected chi connectivity index (χ0v) is 12.0. The molecule has 4 heteroatoms. The summed E-state index contributed by atoms with van der Waals surface area (Å²) in [4.78, 5) is 15.4. The lowest BCUT2D eigenvalue weighted by Crippen LogP contribution is -2.01. The summed E-state index contributed by atoms with van der Waals surface area (Å²) < 4.78 is 5.50. The topological polar surface area (TPSA) is 58.9 Å². The molecule has 2 aromatic carbocycles. The van der Waals surface area contributed by atoms with Crippen LogP contribution in [0.25, 0.3) is 0 Å². The quantitative estimate of drug-likeness (QED) is 0.848. The Morgan fingerprint density at radius 2 is 1.95 bits per heavy atom. The number of aryl methyl sites for hydroxylation is 1. The highest BCUT2D eigenvalue weighted by molar-refractivity contribution is 5.93. The normalized spacial score (nSPS) is 10.8. The van der Waals surface area contributed by atoms with Crippen LogP contribution >= 0.6 is 0 Å². The second-order valence-corrected chi connectivity index (χ2v) is 4.58. The number of aliphatic imine (C=N–C) groups is 1. The molecule has 0 heterocycles. The van der Waals surface area contributed by atoms with Crippen molar-refractivity contribution < 1.29 is 14.6 Å². The summed E-state index contributed by atoms with van der Waals surface area (Å²) in [6, 6.07) is 12.5. The maximum atomic E-state index is 11.0. The van der Waals surface area contributed by atoms with E-state index < -0.39 is 5.97 Å². The standard InChI is InChI=1S/C17H17NO3/c1-3-21-16-9-6-13(17(19)20)10-14(16)11-18-15-7-4-12(2)5-8-15/h4-11H,3H2,1-2H3,(H,19,20). The molecule has 0 atom stereocenters. The van der Waals surface area contributed by atoms with Crippen LogP contribution in [-0.4, -0.2) is 23.9 Å². The molecular formula is C17H17NO3. The van der Waals surface area contributed by atoms with E-state index in [1.54, 1.807) is 18.3 Å². The molecule has 0 bridgehead atoms. The molecule has 108 valence electrons. The third-order valence-electron chi connectivity index (χ3n) is 2.94. The number of aromatic carboxylic acids is 1. The number of carboxylic acids is 1. The SMILES string of the molecule is CCOc1ccc(C(=O)O)cc1C=Nc1ccc(C)cc1. The van der Waals surface area contributed by atoms with E-state index in [0.717, 1.165) is 11.3 Å². The number of nitrogens with zero attached hydrogens (tertiary/aromatic N) is 1. The highest BCUT2D eigenvalue weighted by atomic mass is 16.5. The minimum atomic E-state index is -0.969. The van der Waals surface area contributed by atoms with Gasteiger partial charge < -0.3 is 9.84 Å². The molecule has 2 rings (SSSR count). The summed E-state index contributed by atoms with van der Waals surface area (Å²) in [5.74, 6) is -0.346. The average molecular weight is 283 g/mol. The van der Waals surface area contributed by atoms with Crippen molar-refractivity contribution in [2.75, 3.05) is 6.61 Å². The van der Waals surface area contributed by atoms with Crippen LogP contribution in [0.3, 0.4) is 0 Å². The highest BCUT2D eigenvalue weighted by Crippen LogP contribution is 2.20. The molecule has 1 N–H and O–H groups in total. The summed E-state index contributed by atoms with van der Waals surface area (Å²) in [5.41, 5.74) is 2.83. The fourth-order valence-electron chi connectivity index (χ4n) is 1.84. The largest absolute Gasteiger partial charge is 0.493 e. The van der Waals surface area contributed by atoms with Crippen LogP contribution in [0.4, 0.5) is 5.69 Å². The molecule has 0 fully saturated rings. The van der Waals surface area contributed by atoms with Crippen molar-refractivity contribution in [3.8, 4) is 5.75 Å². The van der Waals surface area contributed by atoms with Gasteiger partial charge in [-0.25, -0.2) is 4.79 Å². The zero-order chi connectivity index (χ0) is 15.2. The minimum Gasteiger partial charge on any atom is -0.493 e. The smallest absolute Gasteiger partial charge is 0.335 e. The second-order valence-electron chi connectivity index (χ2n) is 4.58. The first-order chi connectivity index (χ1) is 10.1. The summed E-state index contributed by atoms with van der Waals surface area (Å²) in [6.45, 7) is 4.40. The molecule has 0 aromatic heterocycles. The van der Waals surface area contributed by atoms with Crippen molar-refractivity contribution in [1.82, 2.24) is 0 Å². The lowest BCUT2D eigenvalue weighted by atomic mass is 10.1. The van der Waals surface area contributed by atoms with Crippen molar-refractivity contribution in [2.45, 2.75) is 13.8 Å². The number of rotatable bonds is 5. The maximum Gasteiger partial charge on any atom is 0.335 e. The van der Waals surface area contributed by atoms with E-state index in [2.05, 4.69) is 4.99 Å². The van der Waals surface area contributed by atoms with Gasteiger partial charge in [0.15, 0.2) is 0 Å². The Balaban J connectivity index is 2.33. The van der Waals surface area contributed by atoms with Gasteiger partial charge in [0, 0.05) is 11.8 Å². The van der Waals surface area contributed by atoms with Crippen LogP contribution in [-0.2, 0) is 0 Å². The molecule has 4 nitrogen and oxygen atoms in total. The Hall–Kier alpha value is -2.62. The predicted molar refractivity (Wildman–Crippen MR) is 83.0 cm³/mol. The third-order valence-corrected chi connectivity index (χ3v) is 2.94. The van der Waals surface area contributed by atoms with E-state index >= 15 is 0 Å². The van der Waals surface area contributed by atoms with E-state index in [1.807, 2.05) is 38.1 Å². The van der Waals surface area contributed by atoms with Crippen molar-refractivity contribution in [3.63, 3.8) is 0 Å². The lowest BCUT2D eigenvalue weighted by molar-refractivity contribution is 0.0697. The Labute approximate surface area is 123 Å². The van der Waals surface area contributed by atoms with Crippen molar-refractivity contribution in [1.29, 1.82) is 0 Å². The molecule has 0 amide bonds. The van der Waals surface area contributed by atoms with E-state index in [1.165, 1.54) is 6.07 Å². The summed E-state index contributed by atoms with van der Waals surface area (Å²) >= 11 is 0. The average Bonchev–Trinajstić information content (AvgIpc) is 2.48. The van der Waals surface area contributed by atoms with E-state index in [0.29, 0.717) is 17.9 Å². The van der Waals surface area contributed by atoms with Crippen LogP contribution < -0.4 is 4.74 Å². The zero-order valence-electron chi connectivity index (χ0n) is 12.0. The molecule has 2 aromatic rings. The number of benzene rings is 2. The summed E-state index contributed by atoms with van der Waals surface area (Å²) in [7, 11) is 0. The molecule has 0 unspecified atom stereocenters. The summed E-state index contributed by atoms with van der Waals surface area (Å²) in [6.07, 6.45) is 1.63. The van der Waals surface area contributed by atoms with Gasteiger partial charge in [-0.3, -0.25) is 4.99 Å². The summed E-state index contributed by atoms with van der Waals surface area (Å²) in [5, 5.41) is 9.06. The fraction of sp³-hybridized carbons (Fsp3) is 0.176. The van der Waals surface area contributed by atoms with Crippen molar-refractivity contribution in [2.24, 2.45) is 4.99 Å². The van der Waals surface area contributed by atoms with E-state index in [4.69, 9.17) is 9.84 Å². The predicted octanol–water partition coefficient (Wildman–Crippen LogP) is 3.84. The van der Waals surface area contributed by atoms with Gasteiger partial charge in [0.25, 0.3) is 0 Å². The Kier molecular flexibility index (Phi) is 4.72. The second kappa shape index (κ2) is 6.70. The monoisotopic (exact) mass is 283 g/mol. The van der Waals surface area contributed by atoms with Gasteiger partial charge in [0.05, 0.1) is 17.9 Å². The maximum absolute atomic E-state index is 11.0. The molecule has 0 radical (unpaired) electrons. The van der Waals surface area contributed by atoms with Crippen molar-refractivity contribution >= 4 is 17.9 Å². The first kappa shape index (κ1) is 14.8. The molecule has 0 saturated heterocycles. The first-order valence-corrected chi connectivity index (χ1v) is 6.71. The van der Waals surface area contributed by atoms with Gasteiger partial charge in [0.2, 0.25) is 0 Å². The molecular weight excluding hydrogens is 266 g/mol. The number of hydrogen-bond donors (Lipinski definition) is 1. The third kappa shape index (κ3) is 3.92. The number of hydrogen-bond acceptors (Lipinski definition) is 3. The Morgan fingerprint density at radius 3 is 2.57 bits per heavy atom. The van der Waals surface area contributed by atoms with Gasteiger partial charge in [-0.1, -0.05) is 17.7 Å². The first-order valence-electron chi connectivity index (χ1n) is 6.71. The minimum absolute atomic E-state index is 0.212.